The predicted octanol–water partition coefficient (Wildman–Crippen LogP) is 4.83. The van der Waals surface area contributed by atoms with Gasteiger partial charge in [-0.05, 0) is 12.1 Å². The Hall–Kier alpha value is -0.620. The minimum absolute atomic E-state index is 0.341. The van der Waals surface area contributed by atoms with Crippen LogP contribution in [0.15, 0.2) is 12.1 Å². The fraction of sp³-hybridized carbons (Fsp3) is 0.333. The lowest BCUT2D eigenvalue weighted by molar-refractivity contribution is -0.302. The van der Waals surface area contributed by atoms with Crippen molar-refractivity contribution in [3.8, 4) is 0 Å². The molecule has 1 aliphatic rings. The van der Waals surface area contributed by atoms with Gasteiger partial charge in [0.15, 0.2) is 0 Å². The molecule has 0 nitrogen and oxygen atoms in total. The SMILES string of the molecule is FC1(F)c2cc(Cl)c(Cl)cc2C(F)(F)C1(F)F. The van der Waals surface area contributed by atoms with Gasteiger partial charge in [-0.15, -0.1) is 0 Å². The highest BCUT2D eigenvalue weighted by molar-refractivity contribution is 6.42. The van der Waals surface area contributed by atoms with Crippen LogP contribution in [0, 0.1) is 0 Å². The Morgan fingerprint density at radius 3 is 1.29 bits per heavy atom. The molecular weight excluding hydrogens is 293 g/mol. The third-order valence-electron chi connectivity index (χ3n) is 2.53. The Morgan fingerprint density at radius 2 is 1.00 bits per heavy atom. The topological polar surface area (TPSA) is 0 Å². The maximum absolute atomic E-state index is 13.2. The number of rotatable bonds is 0. The largest absolute Gasteiger partial charge is 0.380 e. The lowest BCUT2D eigenvalue weighted by Gasteiger charge is -2.23. The second-order valence-corrected chi connectivity index (χ2v) is 4.35. The molecule has 0 atom stereocenters. The molecule has 0 heterocycles. The molecule has 8 heteroatoms. The highest BCUT2D eigenvalue weighted by Gasteiger charge is 2.79. The molecule has 0 bridgehead atoms. The van der Waals surface area contributed by atoms with Crippen LogP contribution in [-0.2, 0) is 11.8 Å². The quantitative estimate of drug-likeness (QED) is 0.602. The first-order chi connectivity index (χ1) is 7.53. The Labute approximate surface area is 101 Å². The van der Waals surface area contributed by atoms with Crippen molar-refractivity contribution in [1.82, 2.24) is 0 Å². The van der Waals surface area contributed by atoms with E-state index in [1.807, 2.05) is 0 Å². The molecule has 1 aromatic rings. The van der Waals surface area contributed by atoms with Gasteiger partial charge in [0.1, 0.15) is 0 Å². The first kappa shape index (κ1) is 12.8. The molecular formula is C9H2Cl2F6. The molecule has 0 spiro atoms. The molecule has 2 rings (SSSR count). The van der Waals surface area contributed by atoms with Crippen molar-refractivity contribution in [2.24, 2.45) is 0 Å². The van der Waals surface area contributed by atoms with E-state index in [9.17, 15) is 26.3 Å². The maximum atomic E-state index is 13.2. The molecule has 0 unspecified atom stereocenters. The molecule has 0 aromatic heterocycles. The second-order valence-electron chi connectivity index (χ2n) is 3.54. The van der Waals surface area contributed by atoms with Gasteiger partial charge in [-0.1, -0.05) is 23.2 Å². The minimum atomic E-state index is -5.50. The molecule has 0 saturated carbocycles. The lowest BCUT2D eigenvalue weighted by Crippen LogP contribution is -2.43. The van der Waals surface area contributed by atoms with Crippen LogP contribution in [0.2, 0.25) is 10.0 Å². The van der Waals surface area contributed by atoms with E-state index in [0.29, 0.717) is 12.1 Å². The number of alkyl halides is 6. The molecule has 0 aliphatic heterocycles. The number of hydrogen-bond acceptors (Lipinski definition) is 0. The van der Waals surface area contributed by atoms with Crippen molar-refractivity contribution >= 4 is 23.2 Å². The fourth-order valence-corrected chi connectivity index (χ4v) is 1.93. The summed E-state index contributed by atoms with van der Waals surface area (Å²) in [4.78, 5) is 0. The number of hydrogen-bond donors (Lipinski definition) is 0. The lowest BCUT2D eigenvalue weighted by atomic mass is 10.1. The molecule has 0 amide bonds. The summed E-state index contributed by atoms with van der Waals surface area (Å²) in [7, 11) is 0. The summed E-state index contributed by atoms with van der Waals surface area (Å²) in [6.45, 7) is 0. The second kappa shape index (κ2) is 3.23. The van der Waals surface area contributed by atoms with Crippen molar-refractivity contribution in [2.45, 2.75) is 17.8 Å². The van der Waals surface area contributed by atoms with E-state index in [1.165, 1.54) is 0 Å². The van der Waals surface area contributed by atoms with Gasteiger partial charge in [0.25, 0.3) is 0 Å². The molecule has 0 N–H and O–H groups in total. The van der Waals surface area contributed by atoms with E-state index in [4.69, 9.17) is 23.2 Å². The highest BCUT2D eigenvalue weighted by Crippen LogP contribution is 2.63. The van der Waals surface area contributed by atoms with Gasteiger partial charge >= 0.3 is 17.8 Å². The fourth-order valence-electron chi connectivity index (χ4n) is 1.60. The molecule has 1 aromatic carbocycles. The van der Waals surface area contributed by atoms with E-state index in [1.54, 1.807) is 0 Å². The highest BCUT2D eigenvalue weighted by atomic mass is 35.5. The van der Waals surface area contributed by atoms with Crippen LogP contribution in [0.3, 0.4) is 0 Å². The van der Waals surface area contributed by atoms with Crippen molar-refractivity contribution in [1.29, 1.82) is 0 Å². The summed E-state index contributed by atoms with van der Waals surface area (Å²) in [5.74, 6) is -15.5. The van der Waals surface area contributed by atoms with Gasteiger partial charge < -0.3 is 0 Å². The first-order valence-corrected chi connectivity index (χ1v) is 4.92. The number of fused-ring (bicyclic) bond motifs is 1. The van der Waals surface area contributed by atoms with Crippen molar-refractivity contribution < 1.29 is 26.3 Å². The monoisotopic (exact) mass is 294 g/mol. The van der Waals surface area contributed by atoms with Gasteiger partial charge in [-0.25, -0.2) is 0 Å². The normalized spacial score (nSPS) is 23.5. The standard InChI is InChI=1S/C9H2Cl2F6/c10-5-1-3-4(2-6(5)11)8(14,15)9(16,17)7(3,12)13/h1-2H. The van der Waals surface area contributed by atoms with Crippen LogP contribution in [0.25, 0.3) is 0 Å². The van der Waals surface area contributed by atoms with Crippen molar-refractivity contribution in [2.75, 3.05) is 0 Å². The zero-order chi connectivity index (χ0) is 13.2. The van der Waals surface area contributed by atoms with Gasteiger partial charge in [-0.2, -0.15) is 26.3 Å². The Balaban J connectivity index is 2.83. The summed E-state index contributed by atoms with van der Waals surface area (Å²) in [6, 6.07) is 0.683. The maximum Gasteiger partial charge on any atom is 0.380 e. The van der Waals surface area contributed by atoms with Gasteiger partial charge in [0.05, 0.1) is 10.0 Å². The average molecular weight is 295 g/mol. The van der Waals surface area contributed by atoms with E-state index >= 15 is 0 Å². The first-order valence-electron chi connectivity index (χ1n) is 4.17. The molecule has 0 radical (unpaired) electrons. The van der Waals surface area contributed by atoms with E-state index in [0.717, 1.165) is 0 Å². The van der Waals surface area contributed by atoms with Crippen LogP contribution in [0.4, 0.5) is 26.3 Å². The molecule has 0 fully saturated rings. The van der Waals surface area contributed by atoms with Crippen LogP contribution < -0.4 is 0 Å². The average Bonchev–Trinajstić information content (AvgIpc) is 2.28. The van der Waals surface area contributed by atoms with E-state index < -0.39 is 38.9 Å². The summed E-state index contributed by atoms with van der Waals surface area (Å²) in [5, 5.41) is -0.975. The van der Waals surface area contributed by atoms with Crippen LogP contribution in [-0.4, -0.2) is 5.92 Å². The molecule has 0 saturated heterocycles. The third-order valence-corrected chi connectivity index (χ3v) is 3.25. The van der Waals surface area contributed by atoms with Crippen molar-refractivity contribution in [3.63, 3.8) is 0 Å². The Morgan fingerprint density at radius 1 is 0.706 bits per heavy atom. The minimum Gasteiger partial charge on any atom is -0.194 e. The van der Waals surface area contributed by atoms with Crippen LogP contribution in [0.1, 0.15) is 11.1 Å². The zero-order valence-corrected chi connectivity index (χ0v) is 9.19. The predicted molar refractivity (Wildman–Crippen MR) is 49.2 cm³/mol. The summed E-state index contributed by atoms with van der Waals surface area (Å²) < 4.78 is 78.7. The van der Waals surface area contributed by atoms with E-state index in [2.05, 4.69) is 0 Å². The van der Waals surface area contributed by atoms with Gasteiger partial charge in [0.2, 0.25) is 0 Å². The zero-order valence-electron chi connectivity index (χ0n) is 7.68. The van der Waals surface area contributed by atoms with Crippen LogP contribution >= 0.6 is 23.2 Å². The van der Waals surface area contributed by atoms with Gasteiger partial charge in [-0.3, -0.25) is 0 Å². The number of benzene rings is 1. The summed E-state index contributed by atoms with van der Waals surface area (Å²) >= 11 is 10.7. The smallest absolute Gasteiger partial charge is 0.194 e. The third kappa shape index (κ3) is 1.34. The Bertz CT molecular complexity index is 454. The molecule has 17 heavy (non-hydrogen) atoms. The summed E-state index contributed by atoms with van der Waals surface area (Å²) in [6.07, 6.45) is 0. The number of halogens is 8. The molecule has 94 valence electrons. The van der Waals surface area contributed by atoms with E-state index in [-0.39, 0.29) is 0 Å². The Kier molecular flexibility index (Phi) is 2.44. The van der Waals surface area contributed by atoms with Crippen molar-refractivity contribution in [3.05, 3.63) is 33.3 Å². The molecule has 1 aliphatic carbocycles. The van der Waals surface area contributed by atoms with Gasteiger partial charge in [0, 0.05) is 11.1 Å². The summed E-state index contributed by atoms with van der Waals surface area (Å²) in [5.41, 5.74) is -3.00. The van der Waals surface area contributed by atoms with Crippen LogP contribution in [0.5, 0.6) is 0 Å².